The largest absolute Gasteiger partial charge is 0.479 e. The molecule has 0 aromatic heterocycles. The zero-order valence-corrected chi connectivity index (χ0v) is 7.08. The molecule has 0 aromatic rings. The van der Waals surface area contributed by atoms with Crippen molar-refractivity contribution in [3.05, 3.63) is 0 Å². The molecule has 12 heavy (non-hydrogen) atoms. The number of carboxylic acid groups (broad SMARTS) is 1. The zero-order chi connectivity index (χ0) is 9.78. The van der Waals surface area contributed by atoms with Crippen LogP contribution in [0.25, 0.3) is 0 Å². The highest BCUT2D eigenvalue weighted by Gasteiger charge is 2.37. The molecule has 0 aliphatic heterocycles. The molecule has 0 radical (unpaired) electrons. The first-order valence-electron chi connectivity index (χ1n) is 3.50. The summed E-state index contributed by atoms with van der Waals surface area (Å²) in [6, 6.07) is 0. The zero-order valence-electron chi connectivity index (χ0n) is 7.08. The predicted molar refractivity (Wildman–Crippen MR) is 39.6 cm³/mol. The Morgan fingerprint density at radius 3 is 2.58 bits per heavy atom. The van der Waals surface area contributed by atoms with Gasteiger partial charge in [0, 0.05) is 20.1 Å². The van der Waals surface area contributed by atoms with E-state index in [4.69, 9.17) is 5.11 Å². The van der Waals surface area contributed by atoms with Gasteiger partial charge in [-0.2, -0.15) is 0 Å². The third kappa shape index (κ3) is 3.15. The van der Waals surface area contributed by atoms with Crippen molar-refractivity contribution in [3.8, 4) is 0 Å². The number of aliphatic hydroxyl groups is 1. The Labute approximate surface area is 70.0 Å². The number of halogens is 1. The Morgan fingerprint density at radius 2 is 2.25 bits per heavy atom. The summed E-state index contributed by atoms with van der Waals surface area (Å²) >= 11 is 0. The number of aliphatic carboxylic acids is 1. The van der Waals surface area contributed by atoms with Gasteiger partial charge in [-0.05, 0) is 6.92 Å². The van der Waals surface area contributed by atoms with E-state index >= 15 is 0 Å². The first kappa shape index (κ1) is 11.3. The molecule has 0 aliphatic rings. The molecule has 0 heterocycles. The van der Waals surface area contributed by atoms with Gasteiger partial charge in [0.05, 0.1) is 0 Å². The molecule has 0 amide bonds. The van der Waals surface area contributed by atoms with E-state index in [1.54, 1.807) is 0 Å². The molecule has 0 bridgehead atoms. The maximum Gasteiger partial charge on any atom is 0.341 e. The Bertz CT molecular complexity index is 157. The van der Waals surface area contributed by atoms with Crippen LogP contribution in [0.2, 0.25) is 0 Å². The lowest BCUT2D eigenvalue weighted by molar-refractivity contribution is -0.154. The summed E-state index contributed by atoms with van der Waals surface area (Å²) in [6.45, 7) is 1.26. The van der Waals surface area contributed by atoms with Crippen molar-refractivity contribution in [2.24, 2.45) is 0 Å². The average Bonchev–Trinajstić information content (AvgIpc) is 1.99. The van der Waals surface area contributed by atoms with Crippen LogP contribution in [0.1, 0.15) is 13.3 Å². The fourth-order valence-electron chi connectivity index (χ4n) is 0.701. The van der Waals surface area contributed by atoms with Crippen molar-refractivity contribution in [3.63, 3.8) is 0 Å². The summed E-state index contributed by atoms with van der Waals surface area (Å²) in [5.74, 6) is -1.66. The molecule has 0 saturated heterocycles. The molecular weight excluding hydrogens is 167 g/mol. The van der Waals surface area contributed by atoms with Gasteiger partial charge in [-0.15, -0.1) is 0 Å². The highest BCUT2D eigenvalue weighted by atomic mass is 19.1. The van der Waals surface area contributed by atoms with E-state index in [1.165, 1.54) is 7.11 Å². The van der Waals surface area contributed by atoms with Crippen molar-refractivity contribution >= 4 is 5.97 Å². The Kier molecular flexibility index (Phi) is 4.12. The van der Waals surface area contributed by atoms with Crippen molar-refractivity contribution in [2.45, 2.75) is 25.1 Å². The van der Waals surface area contributed by atoms with Gasteiger partial charge >= 0.3 is 5.97 Å². The Morgan fingerprint density at radius 1 is 1.75 bits per heavy atom. The van der Waals surface area contributed by atoms with E-state index in [2.05, 4.69) is 4.74 Å². The molecule has 0 spiro atoms. The number of hydrogen-bond donors (Lipinski definition) is 2. The third-order valence-electron chi connectivity index (χ3n) is 1.58. The van der Waals surface area contributed by atoms with Crippen LogP contribution in [0, 0.1) is 0 Å². The molecular formula is C7H13FO4. The summed E-state index contributed by atoms with van der Waals surface area (Å²) < 4.78 is 17.3. The minimum absolute atomic E-state index is 0.0447. The number of carbonyl (C=O) groups is 1. The summed E-state index contributed by atoms with van der Waals surface area (Å²) in [5, 5.41) is 17.5. The first-order valence-corrected chi connectivity index (χ1v) is 3.50. The summed E-state index contributed by atoms with van der Waals surface area (Å²) in [5.41, 5.74) is -1.86. The van der Waals surface area contributed by atoms with Gasteiger partial charge < -0.3 is 14.9 Å². The Hall–Kier alpha value is -0.680. The first-order chi connectivity index (χ1) is 5.41. The van der Waals surface area contributed by atoms with Crippen molar-refractivity contribution in [2.75, 3.05) is 13.7 Å². The molecule has 4 nitrogen and oxygen atoms in total. The number of alkyl halides is 1. The van der Waals surface area contributed by atoms with Gasteiger partial charge in [0.1, 0.15) is 5.60 Å². The second-order valence-electron chi connectivity index (χ2n) is 2.80. The van der Waals surface area contributed by atoms with Gasteiger partial charge in [0.25, 0.3) is 0 Å². The topological polar surface area (TPSA) is 66.8 Å². The molecule has 0 aliphatic carbocycles. The number of methoxy groups -OCH3 is 1. The Balaban J connectivity index is 4.08. The molecule has 2 N–H and O–H groups in total. The fourth-order valence-corrected chi connectivity index (χ4v) is 0.701. The summed E-state index contributed by atoms with van der Waals surface area (Å²) in [7, 11) is 1.39. The van der Waals surface area contributed by atoms with Crippen molar-refractivity contribution in [1.82, 2.24) is 0 Å². The molecule has 5 heteroatoms. The van der Waals surface area contributed by atoms with Crippen LogP contribution in [0.3, 0.4) is 0 Å². The van der Waals surface area contributed by atoms with Crippen LogP contribution in [0.5, 0.6) is 0 Å². The smallest absolute Gasteiger partial charge is 0.341 e. The van der Waals surface area contributed by atoms with Crippen LogP contribution in [-0.4, -0.2) is 41.7 Å². The van der Waals surface area contributed by atoms with Crippen molar-refractivity contribution < 1.29 is 24.1 Å². The van der Waals surface area contributed by atoms with Crippen LogP contribution < -0.4 is 0 Å². The minimum Gasteiger partial charge on any atom is -0.479 e. The number of hydrogen-bond acceptors (Lipinski definition) is 3. The maximum absolute atomic E-state index is 12.7. The van der Waals surface area contributed by atoms with Gasteiger partial charge in [-0.1, -0.05) is 0 Å². The second kappa shape index (κ2) is 4.37. The summed E-state index contributed by atoms with van der Waals surface area (Å²) in [4.78, 5) is 10.1. The van der Waals surface area contributed by atoms with E-state index in [0.717, 1.165) is 6.92 Å². The highest BCUT2D eigenvalue weighted by molar-refractivity contribution is 5.73. The maximum atomic E-state index is 12.7. The lowest BCUT2D eigenvalue weighted by Crippen LogP contribution is -2.42. The van der Waals surface area contributed by atoms with Crippen LogP contribution in [0.4, 0.5) is 4.39 Å². The molecule has 0 aromatic carbocycles. The van der Waals surface area contributed by atoms with Gasteiger partial charge in [0.15, 0.2) is 0 Å². The molecule has 0 saturated carbocycles. The number of rotatable bonds is 5. The minimum atomic E-state index is -2.27. The van der Waals surface area contributed by atoms with E-state index in [9.17, 15) is 14.3 Å². The molecule has 2 atom stereocenters. The molecule has 72 valence electrons. The molecule has 2 unspecified atom stereocenters. The second-order valence-corrected chi connectivity index (χ2v) is 2.80. The van der Waals surface area contributed by atoms with E-state index in [-0.39, 0.29) is 13.0 Å². The van der Waals surface area contributed by atoms with E-state index in [0.29, 0.717) is 0 Å². The molecule has 0 fully saturated rings. The monoisotopic (exact) mass is 180 g/mol. The quantitative estimate of drug-likeness (QED) is 0.634. The van der Waals surface area contributed by atoms with Crippen LogP contribution >= 0.6 is 0 Å². The van der Waals surface area contributed by atoms with Gasteiger partial charge in [0.2, 0.25) is 6.17 Å². The van der Waals surface area contributed by atoms with Gasteiger partial charge in [-0.3, -0.25) is 0 Å². The third-order valence-corrected chi connectivity index (χ3v) is 1.58. The highest BCUT2D eigenvalue weighted by Crippen LogP contribution is 2.17. The van der Waals surface area contributed by atoms with E-state index < -0.39 is 17.7 Å². The number of carboxylic acids is 1. The van der Waals surface area contributed by atoms with Crippen molar-refractivity contribution in [1.29, 1.82) is 0 Å². The lowest BCUT2D eigenvalue weighted by atomic mass is 9.97. The average molecular weight is 180 g/mol. The van der Waals surface area contributed by atoms with Crippen LogP contribution in [-0.2, 0) is 9.53 Å². The number of ether oxygens (including phenoxy) is 1. The summed E-state index contributed by atoms with van der Waals surface area (Å²) in [6.07, 6.45) is -2.32. The fraction of sp³-hybridized carbons (Fsp3) is 0.857. The molecule has 0 rings (SSSR count). The van der Waals surface area contributed by atoms with Gasteiger partial charge in [-0.25, -0.2) is 9.18 Å². The predicted octanol–water partition coefficient (Wildman–Crippen LogP) is 0.197. The lowest BCUT2D eigenvalue weighted by Gasteiger charge is -2.23. The van der Waals surface area contributed by atoms with E-state index in [1.807, 2.05) is 0 Å². The normalized spacial score (nSPS) is 18.3. The standard InChI is InChI=1S/C7H13FO4/c1-7(11,3-4-12-2)5(8)6(9)10/h5,11H,3-4H2,1-2H3,(H,9,10). The SMILES string of the molecule is COCCC(C)(O)C(F)C(=O)O. The van der Waals surface area contributed by atoms with Crippen LogP contribution in [0.15, 0.2) is 0 Å².